The quantitative estimate of drug-likeness (QED) is 0.707. The summed E-state index contributed by atoms with van der Waals surface area (Å²) in [5.74, 6) is 0.197. The van der Waals surface area contributed by atoms with Gasteiger partial charge in [-0.1, -0.05) is 36.4 Å². The van der Waals surface area contributed by atoms with Crippen LogP contribution in [0.3, 0.4) is 0 Å². The molecule has 0 aliphatic carbocycles. The van der Waals surface area contributed by atoms with Crippen molar-refractivity contribution < 1.29 is 4.79 Å². The lowest BCUT2D eigenvalue weighted by Gasteiger charge is -2.50. The van der Waals surface area contributed by atoms with Gasteiger partial charge in [0.25, 0.3) is 0 Å². The number of nitrogens with zero attached hydrogens (tertiary/aromatic N) is 4. The van der Waals surface area contributed by atoms with E-state index in [1.54, 1.807) is 6.20 Å². The molecule has 1 atom stereocenters. The van der Waals surface area contributed by atoms with E-state index in [4.69, 9.17) is 0 Å². The maximum Gasteiger partial charge on any atom is 0.202 e. The third kappa shape index (κ3) is 4.58. The molecule has 2 aliphatic heterocycles. The second-order valence-corrected chi connectivity index (χ2v) is 8.48. The van der Waals surface area contributed by atoms with Gasteiger partial charge >= 0.3 is 0 Å². The number of Topliss-reactive ketones (excluding diaryl/α,β-unsaturated/α-hetero) is 1. The normalized spacial score (nSPS) is 24.4. The van der Waals surface area contributed by atoms with Gasteiger partial charge < -0.3 is 9.80 Å². The van der Waals surface area contributed by atoms with Gasteiger partial charge in [-0.05, 0) is 50.6 Å². The highest BCUT2D eigenvalue weighted by molar-refractivity contribution is 6.02. The van der Waals surface area contributed by atoms with E-state index in [1.807, 2.05) is 18.2 Å². The van der Waals surface area contributed by atoms with Gasteiger partial charge in [0.05, 0.1) is 5.54 Å². The Hall–Kier alpha value is -2.08. The zero-order valence-electron chi connectivity index (χ0n) is 17.5. The van der Waals surface area contributed by atoms with Gasteiger partial charge in [0.1, 0.15) is 5.69 Å². The minimum atomic E-state index is -0.438. The Bertz CT molecular complexity index is 789. The van der Waals surface area contributed by atoms with Gasteiger partial charge in [-0.2, -0.15) is 0 Å². The lowest BCUT2D eigenvalue weighted by Crippen LogP contribution is -2.66. The van der Waals surface area contributed by atoms with Crippen LogP contribution in [0.2, 0.25) is 0 Å². The number of hydrogen-bond donors (Lipinski definition) is 0. The van der Waals surface area contributed by atoms with E-state index in [-0.39, 0.29) is 5.78 Å². The van der Waals surface area contributed by atoms with Gasteiger partial charge in [-0.25, -0.2) is 0 Å². The van der Waals surface area contributed by atoms with Crippen molar-refractivity contribution in [3.63, 3.8) is 0 Å². The van der Waals surface area contributed by atoms with Crippen LogP contribution < -0.4 is 0 Å². The largest absolute Gasteiger partial charge is 0.304 e. The third-order valence-corrected chi connectivity index (χ3v) is 6.52. The minimum absolute atomic E-state index is 0.197. The standard InChI is InChI=1S/C24H32N4O/c1-26-14-7-12-24(20-26,23(29)22-10-5-6-13-25-22)28-18-16-27(17-19-28)15-11-21-8-3-2-4-9-21/h2-6,8-10,13H,7,11-12,14-20H2,1H3. The predicted molar refractivity (Wildman–Crippen MR) is 116 cm³/mol. The van der Waals surface area contributed by atoms with Crippen molar-refractivity contribution in [3.8, 4) is 0 Å². The van der Waals surface area contributed by atoms with Crippen LogP contribution in [0.4, 0.5) is 0 Å². The van der Waals surface area contributed by atoms with Crippen LogP contribution in [0.25, 0.3) is 0 Å². The molecule has 0 amide bonds. The summed E-state index contributed by atoms with van der Waals surface area (Å²) in [4.78, 5) is 25.3. The van der Waals surface area contributed by atoms with E-state index in [0.29, 0.717) is 5.69 Å². The Labute approximate surface area is 174 Å². The second-order valence-electron chi connectivity index (χ2n) is 8.48. The van der Waals surface area contributed by atoms with Crippen LogP contribution in [-0.2, 0) is 6.42 Å². The van der Waals surface area contributed by atoms with Crippen molar-refractivity contribution >= 4 is 5.78 Å². The molecule has 154 valence electrons. The van der Waals surface area contributed by atoms with E-state index in [0.717, 1.165) is 65.1 Å². The van der Waals surface area contributed by atoms with Crippen molar-refractivity contribution in [2.45, 2.75) is 24.8 Å². The first-order chi connectivity index (χ1) is 14.2. The molecule has 2 aromatic rings. The summed E-state index contributed by atoms with van der Waals surface area (Å²) in [6.45, 7) is 6.88. The minimum Gasteiger partial charge on any atom is -0.304 e. The highest BCUT2D eigenvalue weighted by atomic mass is 16.1. The summed E-state index contributed by atoms with van der Waals surface area (Å²) in [7, 11) is 2.13. The number of carbonyl (C=O) groups excluding carboxylic acids is 1. The zero-order chi connectivity index (χ0) is 20.1. The molecule has 0 N–H and O–H groups in total. The molecule has 0 spiro atoms. The number of likely N-dealkylation sites (N-methyl/N-ethyl adjacent to an activating group) is 1. The zero-order valence-corrected chi connectivity index (χ0v) is 17.5. The fraction of sp³-hybridized carbons (Fsp3) is 0.500. The van der Waals surface area contributed by atoms with Crippen molar-refractivity contribution in [2.75, 3.05) is 52.9 Å². The maximum absolute atomic E-state index is 13.6. The molecule has 2 saturated heterocycles. The summed E-state index contributed by atoms with van der Waals surface area (Å²) in [6, 6.07) is 16.4. The number of likely N-dealkylation sites (tertiary alicyclic amines) is 1. The van der Waals surface area contributed by atoms with Crippen LogP contribution in [0.5, 0.6) is 0 Å². The lowest BCUT2D eigenvalue weighted by atomic mass is 9.81. The van der Waals surface area contributed by atoms with E-state index >= 15 is 0 Å². The predicted octanol–water partition coefficient (Wildman–Crippen LogP) is 2.59. The first-order valence-corrected chi connectivity index (χ1v) is 10.8. The van der Waals surface area contributed by atoms with E-state index in [9.17, 15) is 4.79 Å². The molecule has 1 unspecified atom stereocenters. The molecule has 29 heavy (non-hydrogen) atoms. The number of ketones is 1. The number of aromatic nitrogens is 1. The number of piperazine rings is 1. The fourth-order valence-corrected chi connectivity index (χ4v) is 4.90. The SMILES string of the molecule is CN1CCCC(C(=O)c2ccccn2)(N2CCN(CCc3ccccc3)CC2)C1. The molecule has 1 aromatic carbocycles. The average molecular weight is 393 g/mol. The van der Waals surface area contributed by atoms with Crippen LogP contribution in [0, 0.1) is 0 Å². The first-order valence-electron chi connectivity index (χ1n) is 10.8. The molecule has 0 radical (unpaired) electrons. The Morgan fingerprint density at radius 3 is 2.45 bits per heavy atom. The number of rotatable bonds is 6. The molecular weight excluding hydrogens is 360 g/mol. The summed E-state index contributed by atoms with van der Waals surface area (Å²) in [6.07, 6.45) is 4.80. The highest BCUT2D eigenvalue weighted by Gasteiger charge is 2.47. The first kappa shape index (κ1) is 20.2. The van der Waals surface area contributed by atoms with Gasteiger partial charge in [0, 0.05) is 45.5 Å². The Morgan fingerprint density at radius 2 is 1.76 bits per heavy atom. The monoisotopic (exact) mass is 392 g/mol. The molecule has 2 aliphatic rings. The van der Waals surface area contributed by atoms with E-state index < -0.39 is 5.54 Å². The molecule has 1 aromatic heterocycles. The van der Waals surface area contributed by atoms with Crippen LogP contribution in [-0.4, -0.2) is 83.9 Å². The van der Waals surface area contributed by atoms with Gasteiger partial charge in [-0.15, -0.1) is 0 Å². The van der Waals surface area contributed by atoms with Crippen LogP contribution in [0.1, 0.15) is 28.9 Å². The van der Waals surface area contributed by atoms with Crippen LogP contribution in [0.15, 0.2) is 54.7 Å². The molecule has 4 rings (SSSR count). The molecular formula is C24H32N4O. The molecule has 0 saturated carbocycles. The Kier molecular flexibility index (Phi) is 6.38. The van der Waals surface area contributed by atoms with Crippen molar-refractivity contribution in [2.24, 2.45) is 0 Å². The number of benzene rings is 1. The second kappa shape index (κ2) is 9.16. The van der Waals surface area contributed by atoms with Gasteiger partial charge in [-0.3, -0.25) is 14.7 Å². The number of hydrogen-bond acceptors (Lipinski definition) is 5. The highest BCUT2D eigenvalue weighted by Crippen LogP contribution is 2.31. The molecule has 0 bridgehead atoms. The Balaban J connectivity index is 1.43. The Morgan fingerprint density at radius 1 is 1.00 bits per heavy atom. The molecule has 2 fully saturated rings. The fourth-order valence-electron chi connectivity index (χ4n) is 4.90. The van der Waals surface area contributed by atoms with E-state index in [1.165, 1.54) is 5.56 Å². The van der Waals surface area contributed by atoms with Crippen LogP contribution >= 0.6 is 0 Å². The van der Waals surface area contributed by atoms with Gasteiger partial charge in [0.2, 0.25) is 5.78 Å². The molecule has 5 heteroatoms. The summed E-state index contributed by atoms with van der Waals surface area (Å²) >= 11 is 0. The summed E-state index contributed by atoms with van der Waals surface area (Å²) in [5.41, 5.74) is 1.56. The summed E-state index contributed by atoms with van der Waals surface area (Å²) < 4.78 is 0. The van der Waals surface area contributed by atoms with Gasteiger partial charge in [0.15, 0.2) is 0 Å². The lowest BCUT2D eigenvalue weighted by molar-refractivity contribution is -0.00259. The van der Waals surface area contributed by atoms with Crippen molar-refractivity contribution in [3.05, 3.63) is 66.0 Å². The third-order valence-electron chi connectivity index (χ3n) is 6.52. The number of piperidine rings is 1. The number of pyridine rings is 1. The number of carbonyl (C=O) groups is 1. The maximum atomic E-state index is 13.6. The average Bonchev–Trinajstić information content (AvgIpc) is 2.79. The van der Waals surface area contributed by atoms with E-state index in [2.05, 4.69) is 57.1 Å². The topological polar surface area (TPSA) is 39.7 Å². The van der Waals surface area contributed by atoms with Crippen molar-refractivity contribution in [1.29, 1.82) is 0 Å². The van der Waals surface area contributed by atoms with Crippen molar-refractivity contribution in [1.82, 2.24) is 19.7 Å². The molecule has 5 nitrogen and oxygen atoms in total. The smallest absolute Gasteiger partial charge is 0.202 e. The summed E-state index contributed by atoms with van der Waals surface area (Å²) in [5, 5.41) is 0. The molecule has 3 heterocycles.